The van der Waals surface area contributed by atoms with Gasteiger partial charge < -0.3 is 5.32 Å². The molecule has 24 heavy (non-hydrogen) atoms. The number of hydrogen-bond acceptors (Lipinski definition) is 2. The van der Waals surface area contributed by atoms with E-state index in [0.29, 0.717) is 5.92 Å². The van der Waals surface area contributed by atoms with Crippen molar-refractivity contribution in [2.75, 3.05) is 5.32 Å². The molecule has 124 valence electrons. The number of rotatable bonds is 4. The molecule has 0 radical (unpaired) electrons. The summed E-state index contributed by atoms with van der Waals surface area (Å²) in [6.07, 6.45) is 2.17. The normalized spacial score (nSPS) is 14.4. The third-order valence-corrected chi connectivity index (χ3v) is 4.28. The second-order valence-electron chi connectivity index (χ2n) is 5.47. The summed E-state index contributed by atoms with van der Waals surface area (Å²) in [4.78, 5) is 0. The Labute approximate surface area is 152 Å². The van der Waals surface area contributed by atoms with E-state index in [-0.39, 0.29) is 10.8 Å². The highest BCUT2D eigenvalue weighted by Gasteiger charge is 2.28. The molecule has 2 aromatic rings. The summed E-state index contributed by atoms with van der Waals surface area (Å²) >= 11 is 8.54. The molecular formula is C17H14BrF2N3S. The van der Waals surface area contributed by atoms with E-state index in [1.807, 2.05) is 24.3 Å². The predicted octanol–water partition coefficient (Wildman–Crippen LogP) is 4.83. The van der Waals surface area contributed by atoms with Crippen molar-refractivity contribution in [1.29, 1.82) is 0 Å². The van der Waals surface area contributed by atoms with Crippen molar-refractivity contribution >= 4 is 44.7 Å². The molecule has 0 unspecified atom stereocenters. The zero-order valence-electron chi connectivity index (χ0n) is 12.5. The third kappa shape index (κ3) is 4.36. The Bertz CT molecular complexity index is 789. The smallest absolute Gasteiger partial charge is 0.191 e. The molecule has 1 saturated carbocycles. The van der Waals surface area contributed by atoms with Crippen LogP contribution < -0.4 is 10.7 Å². The summed E-state index contributed by atoms with van der Waals surface area (Å²) in [6, 6.07) is 11.1. The maximum atomic E-state index is 13.6. The summed E-state index contributed by atoms with van der Waals surface area (Å²) < 4.78 is 27.5. The number of nitrogens with zero attached hydrogens (tertiary/aromatic N) is 1. The SMILES string of the molecule is Fc1ccc(NC(=S)NN=C(c2ccc(Br)cc2)C2CC2)c(F)c1. The lowest BCUT2D eigenvalue weighted by molar-refractivity contribution is 0.586. The summed E-state index contributed by atoms with van der Waals surface area (Å²) in [5.74, 6) is -0.941. The average Bonchev–Trinajstić information content (AvgIpc) is 3.37. The van der Waals surface area contributed by atoms with Gasteiger partial charge in [0.15, 0.2) is 5.11 Å². The first-order valence-corrected chi connectivity index (χ1v) is 8.58. The molecule has 0 aromatic heterocycles. The molecule has 2 aromatic carbocycles. The summed E-state index contributed by atoms with van der Waals surface area (Å²) in [5.41, 5.74) is 4.78. The van der Waals surface area contributed by atoms with Gasteiger partial charge in [-0.3, -0.25) is 5.43 Å². The van der Waals surface area contributed by atoms with Crippen molar-refractivity contribution in [2.45, 2.75) is 12.8 Å². The molecule has 0 spiro atoms. The first kappa shape index (κ1) is 17.0. The van der Waals surface area contributed by atoms with Gasteiger partial charge in [0, 0.05) is 16.5 Å². The molecular weight excluding hydrogens is 396 g/mol. The first-order valence-electron chi connectivity index (χ1n) is 7.38. The lowest BCUT2D eigenvalue weighted by atomic mass is 10.1. The molecule has 0 aliphatic heterocycles. The van der Waals surface area contributed by atoms with Crippen LogP contribution in [0.1, 0.15) is 18.4 Å². The van der Waals surface area contributed by atoms with Crippen LogP contribution in [-0.2, 0) is 0 Å². The van der Waals surface area contributed by atoms with Crippen LogP contribution in [0.15, 0.2) is 52.0 Å². The zero-order valence-corrected chi connectivity index (χ0v) is 14.9. The number of benzene rings is 2. The van der Waals surface area contributed by atoms with E-state index >= 15 is 0 Å². The zero-order chi connectivity index (χ0) is 17.1. The van der Waals surface area contributed by atoms with Crippen LogP contribution in [0.2, 0.25) is 0 Å². The Hall–Kier alpha value is -1.86. The van der Waals surface area contributed by atoms with Gasteiger partial charge in [0.2, 0.25) is 0 Å². The van der Waals surface area contributed by atoms with Gasteiger partial charge in [0.05, 0.1) is 11.4 Å². The minimum Gasteiger partial charge on any atom is -0.329 e. The van der Waals surface area contributed by atoms with Crippen molar-refractivity contribution in [3.63, 3.8) is 0 Å². The van der Waals surface area contributed by atoms with Crippen molar-refractivity contribution in [3.05, 3.63) is 64.1 Å². The van der Waals surface area contributed by atoms with Gasteiger partial charge in [0.25, 0.3) is 0 Å². The fraction of sp³-hybridized carbons (Fsp3) is 0.176. The molecule has 0 bridgehead atoms. The number of halogens is 3. The van der Waals surface area contributed by atoms with Crippen LogP contribution >= 0.6 is 28.1 Å². The van der Waals surface area contributed by atoms with Gasteiger partial charge in [0.1, 0.15) is 11.6 Å². The van der Waals surface area contributed by atoms with Crippen LogP contribution in [0.25, 0.3) is 0 Å². The minimum absolute atomic E-state index is 0.0979. The number of hydrogen-bond donors (Lipinski definition) is 2. The van der Waals surface area contributed by atoms with Gasteiger partial charge >= 0.3 is 0 Å². The Balaban J connectivity index is 1.70. The van der Waals surface area contributed by atoms with Gasteiger partial charge in [-0.15, -0.1) is 0 Å². The van der Waals surface area contributed by atoms with Crippen molar-refractivity contribution in [3.8, 4) is 0 Å². The molecule has 0 amide bonds. The van der Waals surface area contributed by atoms with Crippen molar-refractivity contribution < 1.29 is 8.78 Å². The summed E-state index contributed by atoms with van der Waals surface area (Å²) in [7, 11) is 0. The highest BCUT2D eigenvalue weighted by Crippen LogP contribution is 2.33. The maximum Gasteiger partial charge on any atom is 0.191 e. The molecule has 1 aliphatic carbocycles. The van der Waals surface area contributed by atoms with E-state index in [1.54, 1.807) is 0 Å². The fourth-order valence-corrected chi connectivity index (χ4v) is 2.64. The molecule has 0 saturated heterocycles. The van der Waals surface area contributed by atoms with Crippen LogP contribution in [0.5, 0.6) is 0 Å². The number of hydrazone groups is 1. The second kappa shape index (κ2) is 7.36. The molecule has 0 heterocycles. The van der Waals surface area contributed by atoms with Gasteiger partial charge in [-0.2, -0.15) is 5.10 Å². The van der Waals surface area contributed by atoms with E-state index in [0.717, 1.165) is 40.7 Å². The van der Waals surface area contributed by atoms with Crippen LogP contribution in [0.3, 0.4) is 0 Å². The molecule has 1 fully saturated rings. The van der Waals surface area contributed by atoms with Crippen molar-refractivity contribution in [1.82, 2.24) is 5.43 Å². The van der Waals surface area contributed by atoms with Crippen LogP contribution in [0, 0.1) is 17.6 Å². The van der Waals surface area contributed by atoms with E-state index in [4.69, 9.17) is 12.2 Å². The van der Waals surface area contributed by atoms with Crippen LogP contribution in [-0.4, -0.2) is 10.8 Å². The van der Waals surface area contributed by atoms with E-state index in [1.165, 1.54) is 6.07 Å². The maximum absolute atomic E-state index is 13.6. The Morgan fingerprint density at radius 2 is 1.83 bits per heavy atom. The fourth-order valence-electron chi connectivity index (χ4n) is 2.22. The number of thiocarbonyl (C=S) groups is 1. The molecule has 7 heteroatoms. The average molecular weight is 410 g/mol. The van der Waals surface area contributed by atoms with Crippen molar-refractivity contribution in [2.24, 2.45) is 11.0 Å². The Morgan fingerprint density at radius 3 is 2.46 bits per heavy atom. The molecule has 3 nitrogen and oxygen atoms in total. The van der Waals surface area contributed by atoms with E-state index in [2.05, 4.69) is 31.8 Å². The largest absolute Gasteiger partial charge is 0.329 e. The summed E-state index contributed by atoms with van der Waals surface area (Å²) in [5, 5.41) is 7.21. The second-order valence-corrected chi connectivity index (χ2v) is 6.79. The lowest BCUT2D eigenvalue weighted by Crippen LogP contribution is -2.26. The quantitative estimate of drug-likeness (QED) is 0.431. The standard InChI is InChI=1S/C17H14BrF2N3S/c18-12-5-3-11(4-6-12)16(10-1-2-10)22-23-17(24)21-15-8-7-13(19)9-14(15)20/h3-10H,1-2H2,(H2,21,23,24). The number of anilines is 1. The van der Waals surface area contributed by atoms with Crippen LogP contribution in [0.4, 0.5) is 14.5 Å². The number of nitrogens with one attached hydrogen (secondary N) is 2. The Morgan fingerprint density at radius 1 is 1.12 bits per heavy atom. The van der Waals surface area contributed by atoms with Gasteiger partial charge in [-0.05, 0) is 54.9 Å². The molecule has 2 N–H and O–H groups in total. The van der Waals surface area contributed by atoms with Gasteiger partial charge in [-0.1, -0.05) is 28.1 Å². The minimum atomic E-state index is -0.710. The predicted molar refractivity (Wildman–Crippen MR) is 99.1 cm³/mol. The molecule has 1 aliphatic rings. The molecule has 3 rings (SSSR count). The topological polar surface area (TPSA) is 36.4 Å². The Kier molecular flexibility index (Phi) is 5.20. The highest BCUT2D eigenvalue weighted by atomic mass is 79.9. The monoisotopic (exact) mass is 409 g/mol. The van der Waals surface area contributed by atoms with E-state index in [9.17, 15) is 8.78 Å². The lowest BCUT2D eigenvalue weighted by Gasteiger charge is -2.10. The highest BCUT2D eigenvalue weighted by molar-refractivity contribution is 9.10. The first-order chi connectivity index (χ1) is 11.5. The molecule has 0 atom stereocenters. The van der Waals surface area contributed by atoms with E-state index < -0.39 is 11.6 Å². The third-order valence-electron chi connectivity index (χ3n) is 3.56. The summed E-state index contributed by atoms with van der Waals surface area (Å²) in [6.45, 7) is 0. The van der Waals surface area contributed by atoms with Gasteiger partial charge in [-0.25, -0.2) is 8.78 Å².